The maximum atomic E-state index is 12.3. The van der Waals surface area contributed by atoms with E-state index in [9.17, 15) is 9.59 Å². The third-order valence-corrected chi connectivity index (χ3v) is 4.03. The molecule has 0 unspecified atom stereocenters. The smallest absolute Gasteiger partial charge is 0.270 e. The minimum atomic E-state index is -0.528. The number of nitrogens with one attached hydrogen (secondary N) is 2. The fourth-order valence-corrected chi connectivity index (χ4v) is 2.58. The van der Waals surface area contributed by atoms with Crippen LogP contribution in [0.25, 0.3) is 0 Å². The van der Waals surface area contributed by atoms with Crippen LogP contribution in [0, 0.1) is 0 Å². The molecule has 25 heavy (non-hydrogen) atoms. The van der Waals surface area contributed by atoms with Crippen LogP contribution in [0.5, 0.6) is 17.2 Å². The molecule has 0 spiro atoms. The number of carbonyl (C=O) groups excluding carboxylic acids is 2. The van der Waals surface area contributed by atoms with Gasteiger partial charge in [0.15, 0.2) is 11.5 Å². The quantitative estimate of drug-likeness (QED) is 0.742. The van der Waals surface area contributed by atoms with Gasteiger partial charge < -0.3 is 14.2 Å². The van der Waals surface area contributed by atoms with Gasteiger partial charge >= 0.3 is 0 Å². The summed E-state index contributed by atoms with van der Waals surface area (Å²) >= 11 is 3.28. The van der Waals surface area contributed by atoms with Crippen LogP contribution in [-0.2, 0) is 0 Å². The molecule has 8 heteroatoms. The third-order valence-electron chi connectivity index (χ3n) is 3.33. The molecule has 0 heterocycles. The monoisotopic (exact) mass is 408 g/mol. The maximum absolute atomic E-state index is 12.3. The van der Waals surface area contributed by atoms with E-state index >= 15 is 0 Å². The lowest BCUT2D eigenvalue weighted by Gasteiger charge is -2.14. The summed E-state index contributed by atoms with van der Waals surface area (Å²) < 4.78 is 16.2. The molecule has 0 bridgehead atoms. The minimum absolute atomic E-state index is 0.238. The molecule has 2 N–H and O–H groups in total. The van der Waals surface area contributed by atoms with E-state index < -0.39 is 11.8 Å². The second kappa shape index (κ2) is 8.39. The van der Waals surface area contributed by atoms with Crippen LogP contribution >= 0.6 is 15.9 Å². The van der Waals surface area contributed by atoms with Crippen molar-refractivity contribution in [2.75, 3.05) is 21.3 Å². The predicted octanol–water partition coefficient (Wildman–Crippen LogP) is 2.55. The van der Waals surface area contributed by atoms with Gasteiger partial charge in [0.25, 0.3) is 11.8 Å². The molecule has 0 atom stereocenters. The molecule has 2 aromatic rings. The average Bonchev–Trinajstić information content (AvgIpc) is 2.64. The largest absolute Gasteiger partial charge is 0.493 e. The first kappa shape index (κ1) is 18.6. The SMILES string of the molecule is COc1cc(C(=O)NNC(=O)c2ccccc2Br)cc(OC)c1OC. The molecular weight excluding hydrogens is 392 g/mol. The summed E-state index contributed by atoms with van der Waals surface area (Å²) in [6, 6.07) is 9.85. The Bertz CT molecular complexity index is 769. The van der Waals surface area contributed by atoms with Crippen molar-refractivity contribution in [2.24, 2.45) is 0 Å². The molecule has 0 radical (unpaired) electrons. The molecule has 132 valence electrons. The van der Waals surface area contributed by atoms with Crippen molar-refractivity contribution in [2.45, 2.75) is 0 Å². The van der Waals surface area contributed by atoms with Crippen molar-refractivity contribution < 1.29 is 23.8 Å². The number of carbonyl (C=O) groups is 2. The number of hydrogen-bond acceptors (Lipinski definition) is 5. The highest BCUT2D eigenvalue weighted by Crippen LogP contribution is 2.38. The number of hydrazine groups is 1. The van der Waals surface area contributed by atoms with E-state index in [4.69, 9.17) is 14.2 Å². The molecule has 0 fully saturated rings. The van der Waals surface area contributed by atoms with Gasteiger partial charge in [-0.3, -0.25) is 20.4 Å². The fraction of sp³-hybridized carbons (Fsp3) is 0.176. The molecule has 0 aliphatic rings. The summed E-state index contributed by atoms with van der Waals surface area (Å²) in [5.41, 5.74) is 5.35. The highest BCUT2D eigenvalue weighted by Gasteiger charge is 2.18. The lowest BCUT2D eigenvalue weighted by molar-refractivity contribution is 0.0846. The van der Waals surface area contributed by atoms with Crippen LogP contribution in [0.2, 0.25) is 0 Å². The average molecular weight is 409 g/mol. The standard InChI is InChI=1S/C17H17BrN2O5/c1-23-13-8-10(9-14(24-2)15(13)25-3)16(21)19-20-17(22)11-6-4-5-7-12(11)18/h4-9H,1-3H3,(H,19,21)(H,20,22). The van der Waals surface area contributed by atoms with Crippen LogP contribution < -0.4 is 25.1 Å². The molecule has 2 aromatic carbocycles. The van der Waals surface area contributed by atoms with Gasteiger partial charge in [-0.15, -0.1) is 0 Å². The number of ether oxygens (including phenoxy) is 3. The maximum Gasteiger partial charge on any atom is 0.270 e. The number of methoxy groups -OCH3 is 3. The van der Waals surface area contributed by atoms with Crippen LogP contribution in [0.1, 0.15) is 20.7 Å². The topological polar surface area (TPSA) is 85.9 Å². The first-order valence-corrected chi connectivity index (χ1v) is 7.96. The van der Waals surface area contributed by atoms with E-state index in [1.807, 2.05) is 0 Å². The molecule has 0 aliphatic carbocycles. The third kappa shape index (κ3) is 4.21. The number of amides is 2. The van der Waals surface area contributed by atoms with Crippen molar-refractivity contribution >= 4 is 27.7 Å². The van der Waals surface area contributed by atoms with Gasteiger partial charge in [0.1, 0.15) is 0 Å². The first-order valence-electron chi connectivity index (χ1n) is 7.17. The molecule has 0 saturated carbocycles. The van der Waals surface area contributed by atoms with Gasteiger partial charge in [0, 0.05) is 10.0 Å². The van der Waals surface area contributed by atoms with Gasteiger partial charge in [-0.05, 0) is 40.2 Å². The number of halogens is 1. The summed E-state index contributed by atoms with van der Waals surface area (Å²) in [6.07, 6.45) is 0. The Morgan fingerprint density at radius 3 is 1.96 bits per heavy atom. The highest BCUT2D eigenvalue weighted by molar-refractivity contribution is 9.10. The van der Waals surface area contributed by atoms with Gasteiger partial charge in [0.05, 0.1) is 26.9 Å². The molecule has 7 nitrogen and oxygen atoms in total. The Morgan fingerprint density at radius 2 is 1.44 bits per heavy atom. The van der Waals surface area contributed by atoms with Crippen molar-refractivity contribution in [3.05, 3.63) is 52.0 Å². The molecule has 0 aromatic heterocycles. The molecule has 2 amide bonds. The molecule has 2 rings (SSSR count). The number of benzene rings is 2. The zero-order chi connectivity index (χ0) is 18.4. The van der Waals surface area contributed by atoms with Crippen molar-refractivity contribution in [1.82, 2.24) is 10.9 Å². The predicted molar refractivity (Wildman–Crippen MR) is 95.2 cm³/mol. The van der Waals surface area contributed by atoms with E-state index in [2.05, 4.69) is 26.8 Å². The highest BCUT2D eigenvalue weighted by atomic mass is 79.9. The zero-order valence-corrected chi connectivity index (χ0v) is 15.5. The number of rotatable bonds is 5. The Balaban J connectivity index is 2.16. The van der Waals surface area contributed by atoms with Crippen molar-refractivity contribution in [3.63, 3.8) is 0 Å². The molecular formula is C17H17BrN2O5. The van der Waals surface area contributed by atoms with E-state index in [1.54, 1.807) is 24.3 Å². The Hall–Kier alpha value is -2.74. The summed E-state index contributed by atoms with van der Waals surface area (Å²) in [5, 5.41) is 0. The van der Waals surface area contributed by atoms with Gasteiger partial charge in [-0.1, -0.05) is 12.1 Å². The van der Waals surface area contributed by atoms with Gasteiger partial charge in [-0.25, -0.2) is 0 Å². The summed E-state index contributed by atoms with van der Waals surface area (Å²) in [6.45, 7) is 0. The van der Waals surface area contributed by atoms with E-state index in [-0.39, 0.29) is 5.56 Å². The van der Waals surface area contributed by atoms with Crippen LogP contribution in [0.3, 0.4) is 0 Å². The lowest BCUT2D eigenvalue weighted by Crippen LogP contribution is -2.41. The summed E-state index contributed by atoms with van der Waals surface area (Å²) in [7, 11) is 4.37. The van der Waals surface area contributed by atoms with Crippen LogP contribution in [-0.4, -0.2) is 33.1 Å². The van der Waals surface area contributed by atoms with Crippen LogP contribution in [0.15, 0.2) is 40.9 Å². The summed E-state index contributed by atoms with van der Waals surface area (Å²) in [5.74, 6) is 0.0694. The Kier molecular flexibility index (Phi) is 6.24. The fourth-order valence-electron chi connectivity index (χ4n) is 2.11. The van der Waals surface area contributed by atoms with E-state index in [0.717, 1.165) is 0 Å². The molecule has 0 saturated heterocycles. The van der Waals surface area contributed by atoms with Gasteiger partial charge in [-0.2, -0.15) is 0 Å². The van der Waals surface area contributed by atoms with Gasteiger partial charge in [0.2, 0.25) is 5.75 Å². The zero-order valence-electron chi connectivity index (χ0n) is 13.9. The normalized spacial score (nSPS) is 9.92. The summed E-state index contributed by atoms with van der Waals surface area (Å²) in [4.78, 5) is 24.4. The minimum Gasteiger partial charge on any atom is -0.493 e. The Labute approximate surface area is 153 Å². The molecule has 0 aliphatic heterocycles. The van der Waals surface area contributed by atoms with Crippen molar-refractivity contribution in [1.29, 1.82) is 0 Å². The van der Waals surface area contributed by atoms with Crippen LogP contribution in [0.4, 0.5) is 0 Å². The first-order chi connectivity index (χ1) is 12.0. The second-order valence-corrected chi connectivity index (χ2v) is 5.66. The second-order valence-electron chi connectivity index (χ2n) is 4.80. The van der Waals surface area contributed by atoms with E-state index in [0.29, 0.717) is 27.3 Å². The lowest BCUT2D eigenvalue weighted by atomic mass is 10.1. The Morgan fingerprint density at radius 1 is 0.880 bits per heavy atom. The van der Waals surface area contributed by atoms with E-state index in [1.165, 1.54) is 33.5 Å². The van der Waals surface area contributed by atoms with Crippen molar-refractivity contribution in [3.8, 4) is 17.2 Å². The number of hydrogen-bond donors (Lipinski definition) is 2.